The van der Waals surface area contributed by atoms with Crippen LogP contribution in [0.2, 0.25) is 0 Å². The Morgan fingerprint density at radius 3 is 2.54 bits per heavy atom. The molecule has 1 saturated carbocycles. The van der Waals surface area contributed by atoms with Gasteiger partial charge in [0.2, 0.25) is 0 Å². The first-order chi connectivity index (χ1) is 5.99. The Morgan fingerprint density at radius 2 is 2.23 bits per heavy atom. The number of amides is 1. The Hall–Kier alpha value is -0.710. The Bertz CT molecular complexity index is 206. The molecule has 0 aliphatic heterocycles. The number of carbonyl (C=O) groups excluding carboxylic acids is 1. The number of alkyl halides is 2. The van der Waals surface area contributed by atoms with Crippen LogP contribution in [0.1, 0.15) is 19.8 Å². The summed E-state index contributed by atoms with van der Waals surface area (Å²) in [5.41, 5.74) is 4.79. The zero-order valence-electron chi connectivity index (χ0n) is 7.52. The molecule has 0 aromatic heterocycles. The van der Waals surface area contributed by atoms with Crippen molar-refractivity contribution in [1.82, 2.24) is 5.32 Å². The third-order valence-corrected chi connectivity index (χ3v) is 2.51. The van der Waals surface area contributed by atoms with Gasteiger partial charge in [0.15, 0.2) is 0 Å². The van der Waals surface area contributed by atoms with Gasteiger partial charge in [-0.15, -0.1) is 0 Å². The number of rotatable bonds is 4. The standard InChI is InChI=1S/C8H14F2N2O/c1-8(4-11,5-2-3-5)12-7(13)6(9)10/h5-6H,2-4,11H2,1H3,(H,12,13). The molecule has 0 saturated heterocycles. The van der Waals surface area contributed by atoms with Crippen molar-refractivity contribution in [1.29, 1.82) is 0 Å². The van der Waals surface area contributed by atoms with E-state index in [1.807, 2.05) is 0 Å². The van der Waals surface area contributed by atoms with Gasteiger partial charge in [-0.3, -0.25) is 4.79 Å². The smallest absolute Gasteiger partial charge is 0.315 e. The lowest BCUT2D eigenvalue weighted by molar-refractivity contribution is -0.133. The first-order valence-corrected chi connectivity index (χ1v) is 4.30. The highest BCUT2D eigenvalue weighted by atomic mass is 19.3. The van der Waals surface area contributed by atoms with Gasteiger partial charge >= 0.3 is 6.43 Å². The van der Waals surface area contributed by atoms with E-state index in [0.717, 1.165) is 12.8 Å². The highest BCUT2D eigenvalue weighted by molar-refractivity contribution is 5.80. The van der Waals surface area contributed by atoms with E-state index in [-0.39, 0.29) is 12.5 Å². The number of carbonyl (C=O) groups is 1. The molecular formula is C8H14F2N2O. The van der Waals surface area contributed by atoms with Crippen LogP contribution in [0.5, 0.6) is 0 Å². The van der Waals surface area contributed by atoms with Gasteiger partial charge in [-0.25, -0.2) is 0 Å². The maximum Gasteiger partial charge on any atom is 0.315 e. The second-order valence-electron chi connectivity index (χ2n) is 3.69. The molecule has 1 atom stereocenters. The van der Waals surface area contributed by atoms with Gasteiger partial charge in [-0.1, -0.05) is 0 Å². The number of hydrogen-bond donors (Lipinski definition) is 2. The molecule has 1 rings (SSSR count). The van der Waals surface area contributed by atoms with E-state index in [0.29, 0.717) is 0 Å². The maximum atomic E-state index is 11.9. The van der Waals surface area contributed by atoms with Crippen LogP contribution in [0.15, 0.2) is 0 Å². The SMILES string of the molecule is CC(CN)(NC(=O)C(F)F)C1CC1. The summed E-state index contributed by atoms with van der Waals surface area (Å²) < 4.78 is 23.9. The van der Waals surface area contributed by atoms with E-state index < -0.39 is 17.9 Å². The van der Waals surface area contributed by atoms with Crippen LogP contribution in [0.25, 0.3) is 0 Å². The fourth-order valence-electron chi connectivity index (χ4n) is 1.38. The Morgan fingerprint density at radius 1 is 1.69 bits per heavy atom. The lowest BCUT2D eigenvalue weighted by Crippen LogP contribution is -2.54. The number of nitrogens with two attached hydrogens (primary N) is 1. The van der Waals surface area contributed by atoms with Gasteiger partial charge < -0.3 is 11.1 Å². The molecule has 0 aromatic carbocycles. The van der Waals surface area contributed by atoms with Gasteiger partial charge in [0, 0.05) is 6.54 Å². The average Bonchev–Trinajstić information content (AvgIpc) is 2.86. The number of halogens is 2. The van der Waals surface area contributed by atoms with Crippen LogP contribution in [-0.2, 0) is 4.79 Å². The molecule has 5 heteroatoms. The molecule has 0 radical (unpaired) electrons. The lowest BCUT2D eigenvalue weighted by Gasteiger charge is -2.29. The van der Waals surface area contributed by atoms with E-state index >= 15 is 0 Å². The largest absolute Gasteiger partial charge is 0.344 e. The molecule has 0 heterocycles. The van der Waals surface area contributed by atoms with Crippen LogP contribution >= 0.6 is 0 Å². The van der Waals surface area contributed by atoms with Gasteiger partial charge in [-0.05, 0) is 25.7 Å². The predicted molar refractivity (Wildman–Crippen MR) is 44.3 cm³/mol. The van der Waals surface area contributed by atoms with Crippen molar-refractivity contribution in [2.75, 3.05) is 6.54 Å². The van der Waals surface area contributed by atoms with Gasteiger partial charge in [0.1, 0.15) is 0 Å². The normalized spacial score (nSPS) is 21.3. The predicted octanol–water partition coefficient (Wildman–Crippen LogP) is 0.495. The molecule has 1 fully saturated rings. The Labute approximate surface area is 75.7 Å². The highest BCUT2D eigenvalue weighted by Gasteiger charge is 2.42. The van der Waals surface area contributed by atoms with Crippen LogP contribution < -0.4 is 11.1 Å². The van der Waals surface area contributed by atoms with Crippen LogP contribution in [-0.4, -0.2) is 24.4 Å². The van der Waals surface area contributed by atoms with Crippen molar-refractivity contribution in [3.63, 3.8) is 0 Å². The molecule has 3 N–H and O–H groups in total. The lowest BCUT2D eigenvalue weighted by atomic mass is 9.96. The van der Waals surface area contributed by atoms with Crippen LogP contribution in [0.3, 0.4) is 0 Å². The summed E-state index contributed by atoms with van der Waals surface area (Å²) in [6.07, 6.45) is -1.04. The molecule has 0 spiro atoms. The summed E-state index contributed by atoms with van der Waals surface area (Å²) in [6.45, 7) is 1.92. The van der Waals surface area contributed by atoms with Gasteiger partial charge in [-0.2, -0.15) is 8.78 Å². The third kappa shape index (κ3) is 2.37. The highest BCUT2D eigenvalue weighted by Crippen LogP contribution is 2.38. The fraction of sp³-hybridized carbons (Fsp3) is 0.875. The molecule has 1 aliphatic rings. The van der Waals surface area contributed by atoms with E-state index in [9.17, 15) is 13.6 Å². The second kappa shape index (κ2) is 3.57. The summed E-state index contributed by atoms with van der Waals surface area (Å²) in [5, 5.41) is 2.29. The van der Waals surface area contributed by atoms with Crippen LogP contribution in [0.4, 0.5) is 8.78 Å². The fourth-order valence-corrected chi connectivity index (χ4v) is 1.38. The molecule has 1 amide bonds. The first-order valence-electron chi connectivity index (χ1n) is 4.30. The van der Waals surface area contributed by atoms with Crippen molar-refractivity contribution in [2.24, 2.45) is 11.7 Å². The van der Waals surface area contributed by atoms with Crippen molar-refractivity contribution in [2.45, 2.75) is 31.7 Å². The van der Waals surface area contributed by atoms with Crippen molar-refractivity contribution in [3.05, 3.63) is 0 Å². The van der Waals surface area contributed by atoms with Gasteiger partial charge in [0.25, 0.3) is 5.91 Å². The molecule has 1 unspecified atom stereocenters. The van der Waals surface area contributed by atoms with Crippen LogP contribution in [0, 0.1) is 5.92 Å². The van der Waals surface area contributed by atoms with E-state index in [4.69, 9.17) is 5.73 Å². The minimum absolute atomic E-state index is 0.204. The Kier molecular flexibility index (Phi) is 2.85. The molecule has 0 bridgehead atoms. The molecule has 76 valence electrons. The van der Waals surface area contributed by atoms with E-state index in [1.54, 1.807) is 6.92 Å². The molecule has 0 aromatic rings. The summed E-state index contributed by atoms with van der Waals surface area (Å²) in [5.74, 6) is -0.958. The topological polar surface area (TPSA) is 55.1 Å². The summed E-state index contributed by atoms with van der Waals surface area (Å²) >= 11 is 0. The summed E-state index contributed by atoms with van der Waals surface area (Å²) in [7, 11) is 0. The molecule has 3 nitrogen and oxygen atoms in total. The van der Waals surface area contributed by atoms with Crippen molar-refractivity contribution in [3.8, 4) is 0 Å². The van der Waals surface area contributed by atoms with E-state index in [1.165, 1.54) is 0 Å². The summed E-state index contributed by atoms with van der Waals surface area (Å²) in [6, 6.07) is 0. The monoisotopic (exact) mass is 192 g/mol. The minimum Gasteiger partial charge on any atom is -0.344 e. The second-order valence-corrected chi connectivity index (χ2v) is 3.69. The molecular weight excluding hydrogens is 178 g/mol. The van der Waals surface area contributed by atoms with E-state index in [2.05, 4.69) is 5.32 Å². The summed E-state index contributed by atoms with van der Waals surface area (Å²) in [4.78, 5) is 10.7. The number of hydrogen-bond acceptors (Lipinski definition) is 2. The van der Waals surface area contributed by atoms with Crippen molar-refractivity contribution >= 4 is 5.91 Å². The Balaban J connectivity index is 2.52. The average molecular weight is 192 g/mol. The third-order valence-electron chi connectivity index (χ3n) is 2.51. The maximum absolute atomic E-state index is 11.9. The number of nitrogens with one attached hydrogen (secondary N) is 1. The zero-order chi connectivity index (χ0) is 10.1. The quantitative estimate of drug-likeness (QED) is 0.681. The minimum atomic E-state index is -2.95. The van der Waals surface area contributed by atoms with Gasteiger partial charge in [0.05, 0.1) is 5.54 Å². The molecule has 13 heavy (non-hydrogen) atoms. The molecule has 1 aliphatic carbocycles. The first kappa shape index (κ1) is 10.4. The zero-order valence-corrected chi connectivity index (χ0v) is 7.52. The van der Waals surface area contributed by atoms with Crippen molar-refractivity contribution < 1.29 is 13.6 Å².